The number of ketones is 1. The molecule has 5 nitrogen and oxygen atoms in total. The van der Waals surface area contributed by atoms with Crippen molar-refractivity contribution in [3.05, 3.63) is 34.4 Å². The molecule has 164 valence electrons. The molecule has 0 saturated heterocycles. The van der Waals surface area contributed by atoms with E-state index in [-0.39, 0.29) is 17.8 Å². The molecule has 0 radical (unpaired) electrons. The molecule has 2 rings (SSSR count). The highest BCUT2D eigenvalue weighted by Gasteiger charge is 2.26. The molecule has 6 heteroatoms. The van der Waals surface area contributed by atoms with E-state index in [2.05, 4.69) is 45.2 Å². The van der Waals surface area contributed by atoms with Crippen molar-refractivity contribution in [3.8, 4) is 5.75 Å². The minimum Gasteiger partial charge on any atom is -0.496 e. The average Bonchev–Trinajstić information content (AvgIpc) is 2.69. The van der Waals surface area contributed by atoms with Gasteiger partial charge in [-0.3, -0.25) is 9.36 Å². The molecule has 0 bridgehead atoms. The van der Waals surface area contributed by atoms with Crippen LogP contribution in [0.2, 0.25) is 0 Å². The van der Waals surface area contributed by atoms with Crippen LogP contribution in [0.3, 0.4) is 0 Å². The highest BCUT2D eigenvalue weighted by atomic mass is 31.1. The fourth-order valence-corrected chi connectivity index (χ4v) is 3.51. The molecule has 1 atom stereocenters. The van der Waals surface area contributed by atoms with Crippen molar-refractivity contribution in [2.45, 2.75) is 78.6 Å². The monoisotopic (exact) mass is 424 g/mol. The summed E-state index contributed by atoms with van der Waals surface area (Å²) < 4.78 is 20.8. The van der Waals surface area contributed by atoms with Crippen LogP contribution in [-0.2, 0) is 32.1 Å². The molecule has 1 aliphatic carbocycles. The first-order valence-electron chi connectivity index (χ1n) is 10.4. The van der Waals surface area contributed by atoms with Crippen LogP contribution < -0.4 is 4.74 Å². The van der Waals surface area contributed by atoms with Crippen molar-refractivity contribution >= 4 is 20.1 Å². The van der Waals surface area contributed by atoms with Crippen LogP contribution in [0.5, 0.6) is 5.75 Å². The Morgan fingerprint density at radius 3 is 2.24 bits per heavy atom. The zero-order chi connectivity index (χ0) is 22.0. The Bertz CT molecular complexity index is 730. The lowest BCUT2D eigenvalue weighted by Crippen LogP contribution is -2.17. The summed E-state index contributed by atoms with van der Waals surface area (Å²) in [6.45, 7) is 10.4. The Labute approximate surface area is 176 Å². The van der Waals surface area contributed by atoms with Gasteiger partial charge in [-0.15, -0.1) is 0 Å². The second-order valence-corrected chi connectivity index (χ2v) is 9.14. The van der Waals surface area contributed by atoms with Crippen LogP contribution in [0.25, 0.3) is 6.08 Å². The largest absolute Gasteiger partial charge is 0.496 e. The number of carbonyl (C=O) groups excluding carboxylic acids is 1. The van der Waals surface area contributed by atoms with E-state index in [1.807, 2.05) is 0 Å². The van der Waals surface area contributed by atoms with Gasteiger partial charge in [-0.2, -0.15) is 0 Å². The molecule has 0 saturated carbocycles. The highest BCUT2D eigenvalue weighted by molar-refractivity contribution is 7.32. The molecule has 0 amide bonds. The maximum Gasteiger partial charge on any atom is 0.317 e. The molecule has 0 spiro atoms. The summed E-state index contributed by atoms with van der Waals surface area (Å²) in [7, 11) is -1.37. The van der Waals surface area contributed by atoms with Crippen LogP contribution >= 0.6 is 8.25 Å². The SMILES string of the molecule is CCCC.COc1c(C(C)(C)C)cc(/C=C/C(=O)CO[PH](=O)O)c2c1CCCC2. The number of ether oxygens (including phenoxy) is 1. The van der Waals surface area contributed by atoms with Crippen molar-refractivity contribution in [2.24, 2.45) is 0 Å². The number of unbranched alkanes of at least 4 members (excludes halogenated alkanes) is 1. The van der Waals surface area contributed by atoms with Gasteiger partial charge in [0.05, 0.1) is 7.11 Å². The Morgan fingerprint density at radius 2 is 1.76 bits per heavy atom. The molecule has 1 N–H and O–H groups in total. The van der Waals surface area contributed by atoms with Crippen LogP contribution in [0.15, 0.2) is 12.1 Å². The van der Waals surface area contributed by atoms with Gasteiger partial charge in [0.25, 0.3) is 0 Å². The molecule has 1 aromatic rings. The first-order chi connectivity index (χ1) is 13.6. The molecule has 1 aromatic carbocycles. The summed E-state index contributed by atoms with van der Waals surface area (Å²) in [4.78, 5) is 20.5. The third-order valence-electron chi connectivity index (χ3n) is 4.93. The van der Waals surface area contributed by atoms with Gasteiger partial charge in [-0.1, -0.05) is 53.5 Å². The summed E-state index contributed by atoms with van der Waals surface area (Å²) in [6, 6.07) is 2.10. The summed E-state index contributed by atoms with van der Waals surface area (Å²) in [5, 5.41) is 0. The lowest BCUT2D eigenvalue weighted by Gasteiger charge is -2.29. The fourth-order valence-electron chi connectivity index (χ4n) is 3.25. The van der Waals surface area contributed by atoms with Gasteiger partial charge in [0.1, 0.15) is 12.4 Å². The van der Waals surface area contributed by atoms with E-state index < -0.39 is 8.25 Å². The van der Waals surface area contributed by atoms with E-state index in [0.717, 1.165) is 42.6 Å². The minimum absolute atomic E-state index is 0.0791. The summed E-state index contributed by atoms with van der Waals surface area (Å²) >= 11 is 0. The summed E-state index contributed by atoms with van der Waals surface area (Å²) in [5.41, 5.74) is 4.54. The third-order valence-corrected chi connectivity index (χ3v) is 5.32. The first-order valence-corrected chi connectivity index (χ1v) is 11.7. The number of carbonyl (C=O) groups is 1. The average molecular weight is 425 g/mol. The van der Waals surface area contributed by atoms with Crippen LogP contribution in [0, 0.1) is 0 Å². The molecule has 0 fully saturated rings. The van der Waals surface area contributed by atoms with Crippen molar-refractivity contribution in [1.29, 1.82) is 0 Å². The maximum absolute atomic E-state index is 11.8. The number of rotatable bonds is 7. The van der Waals surface area contributed by atoms with Gasteiger partial charge in [0.15, 0.2) is 5.78 Å². The van der Waals surface area contributed by atoms with Crippen molar-refractivity contribution < 1.29 is 23.5 Å². The van der Waals surface area contributed by atoms with E-state index in [0.29, 0.717) is 0 Å². The lowest BCUT2D eigenvalue weighted by molar-refractivity contribution is -0.116. The number of benzene rings is 1. The lowest BCUT2D eigenvalue weighted by atomic mass is 9.78. The van der Waals surface area contributed by atoms with Crippen LogP contribution in [0.1, 0.15) is 82.6 Å². The Kier molecular flexibility index (Phi) is 10.9. The minimum atomic E-state index is -3.08. The highest BCUT2D eigenvalue weighted by Crippen LogP contribution is 2.41. The fraction of sp³-hybridized carbons (Fsp3) is 0.609. The normalized spacial score (nSPS) is 14.7. The van der Waals surface area contributed by atoms with Crippen molar-refractivity contribution in [2.75, 3.05) is 13.7 Å². The Hall–Kier alpha value is -1.42. The molecule has 1 aliphatic rings. The first kappa shape index (κ1) is 25.6. The predicted octanol–water partition coefficient (Wildman–Crippen LogP) is 5.66. The molecule has 1 unspecified atom stereocenters. The molecular formula is C23H37O5P. The van der Waals surface area contributed by atoms with Crippen LogP contribution in [0.4, 0.5) is 0 Å². The predicted molar refractivity (Wildman–Crippen MR) is 120 cm³/mol. The van der Waals surface area contributed by atoms with Gasteiger partial charge in [0, 0.05) is 5.56 Å². The van der Waals surface area contributed by atoms with Gasteiger partial charge in [0.2, 0.25) is 0 Å². The number of fused-ring (bicyclic) bond motifs is 1. The van der Waals surface area contributed by atoms with Gasteiger partial charge < -0.3 is 14.2 Å². The molecule has 0 aliphatic heterocycles. The molecule has 0 heterocycles. The third kappa shape index (κ3) is 8.08. The van der Waals surface area contributed by atoms with E-state index in [4.69, 9.17) is 9.63 Å². The van der Waals surface area contributed by atoms with Crippen molar-refractivity contribution in [3.63, 3.8) is 0 Å². The van der Waals surface area contributed by atoms with Gasteiger partial charge in [-0.05, 0) is 59.9 Å². The number of hydrogen-bond donors (Lipinski definition) is 1. The van der Waals surface area contributed by atoms with E-state index in [9.17, 15) is 9.36 Å². The Balaban J connectivity index is 0.000000960. The van der Waals surface area contributed by atoms with Gasteiger partial charge in [-0.25, -0.2) is 0 Å². The second kappa shape index (κ2) is 12.3. The molecule has 0 aromatic heterocycles. The molecular weight excluding hydrogens is 387 g/mol. The number of methoxy groups -OCH3 is 1. The number of hydrogen-bond acceptors (Lipinski definition) is 4. The maximum atomic E-state index is 11.8. The van der Waals surface area contributed by atoms with Gasteiger partial charge >= 0.3 is 8.25 Å². The topological polar surface area (TPSA) is 72.8 Å². The zero-order valence-electron chi connectivity index (χ0n) is 18.8. The van der Waals surface area contributed by atoms with Crippen LogP contribution in [-0.4, -0.2) is 24.4 Å². The quantitative estimate of drug-likeness (QED) is 0.452. The smallest absolute Gasteiger partial charge is 0.317 e. The van der Waals surface area contributed by atoms with E-state index >= 15 is 0 Å². The Morgan fingerprint density at radius 1 is 1.17 bits per heavy atom. The molecule has 29 heavy (non-hydrogen) atoms. The second-order valence-electron chi connectivity index (χ2n) is 8.32. The standard InChI is InChI=1S/C19H27O5P.C4H10/c1-19(2,3)17-11-13(9-10-14(20)12-24-25(21)22)15-7-5-6-8-16(15)18(17)23-4;1-3-4-2/h9-11,25H,5-8,12H2,1-4H3,(H,21,22);3-4H2,1-2H3/b10-9+;. The zero-order valence-corrected chi connectivity index (χ0v) is 19.8. The van der Waals surface area contributed by atoms with E-state index in [1.165, 1.54) is 30.0 Å². The summed E-state index contributed by atoms with van der Waals surface area (Å²) in [6.07, 6.45) is 10.1. The van der Waals surface area contributed by atoms with Crippen molar-refractivity contribution in [1.82, 2.24) is 0 Å². The summed E-state index contributed by atoms with van der Waals surface area (Å²) in [5.74, 6) is 0.637. The van der Waals surface area contributed by atoms with E-state index in [1.54, 1.807) is 13.2 Å².